The van der Waals surface area contributed by atoms with Crippen LogP contribution in [0.2, 0.25) is 0 Å². The number of nitrogens with one attached hydrogen (secondary N) is 2. The molecule has 2 heterocycles. The van der Waals surface area contributed by atoms with Gasteiger partial charge in [0.15, 0.2) is 5.60 Å². The molecule has 1 saturated heterocycles. The number of amides is 4. The molecule has 4 aromatic rings. The summed E-state index contributed by atoms with van der Waals surface area (Å²) in [4.78, 5) is 54.7. The van der Waals surface area contributed by atoms with Crippen LogP contribution >= 0.6 is 0 Å². The topological polar surface area (TPSA) is 132 Å². The molecule has 0 bridgehead atoms. The number of nitrogens with zero attached hydrogens (tertiary/aromatic N) is 3. The number of carbonyl (C=O) groups excluding carboxylic acids is 4. The fourth-order valence-electron chi connectivity index (χ4n) is 5.03. The third-order valence-electron chi connectivity index (χ3n) is 7.45. The fraction of sp³-hybridized carbons (Fsp3) is 0.303. The zero-order valence-corrected chi connectivity index (χ0v) is 25.6. The molecular weight excluding hydrogens is 600 g/mol. The maximum Gasteiger partial charge on any atom is 0.417 e. The van der Waals surface area contributed by atoms with Crippen molar-refractivity contribution in [2.75, 3.05) is 13.1 Å². The van der Waals surface area contributed by atoms with Gasteiger partial charge in [-0.05, 0) is 56.7 Å². The van der Waals surface area contributed by atoms with Crippen LogP contribution in [0.5, 0.6) is 5.75 Å². The van der Waals surface area contributed by atoms with Gasteiger partial charge in [0.05, 0.1) is 17.1 Å². The van der Waals surface area contributed by atoms with Crippen LogP contribution in [0, 0.1) is 0 Å². The number of benzene rings is 3. The van der Waals surface area contributed by atoms with Crippen molar-refractivity contribution in [2.24, 2.45) is 0 Å². The van der Waals surface area contributed by atoms with E-state index in [0.29, 0.717) is 40.5 Å². The van der Waals surface area contributed by atoms with Crippen LogP contribution in [0.15, 0.2) is 79.1 Å². The number of alkyl halides is 2. The number of cyclic esters (lactones) is 1. The van der Waals surface area contributed by atoms with E-state index in [1.165, 1.54) is 13.8 Å². The summed E-state index contributed by atoms with van der Waals surface area (Å²) in [5.41, 5.74) is 1.75. The third-order valence-corrected chi connectivity index (χ3v) is 7.45. The largest absolute Gasteiger partial charge is 0.484 e. The Morgan fingerprint density at radius 3 is 2.46 bits per heavy atom. The molecule has 13 heteroatoms. The smallest absolute Gasteiger partial charge is 0.417 e. The second-order valence-electron chi connectivity index (χ2n) is 11.5. The number of fused-ring (bicyclic) bond motifs is 1. The average molecular weight is 634 g/mol. The Balaban J connectivity index is 1.30. The second-order valence-corrected chi connectivity index (χ2v) is 11.5. The third kappa shape index (κ3) is 6.82. The highest BCUT2D eigenvalue weighted by molar-refractivity contribution is 6.02. The summed E-state index contributed by atoms with van der Waals surface area (Å²) in [5, 5.41) is 5.07. The maximum absolute atomic E-state index is 13.6. The Hall–Kier alpha value is -5.33. The van der Waals surface area contributed by atoms with Gasteiger partial charge >= 0.3 is 12.0 Å². The van der Waals surface area contributed by atoms with Crippen molar-refractivity contribution in [3.63, 3.8) is 0 Å². The standard InChI is InChI=1S/C33H33F2N5O6/c1-20(38-29(42)33(4,34)35)27(21-9-6-5-7-10-21)45-24-13-14-26-25(18-24)37-19-40(26)23-12-8-11-22(17-23)28(41)36-15-16-39-30(43)32(2,3)46-31(39)44/h5-14,17-20,27H,15-16H2,1-4H3,(H,36,41)(H,38,42)/t20-,27-/m0/s1. The SMILES string of the molecule is C[C@H](NC(=O)C(C)(F)F)[C@H](Oc1ccc2c(c1)ncn2-c1cccc(C(=O)NCCN2C(=O)OC(C)(C)C2=O)c1)c1ccccc1. The van der Waals surface area contributed by atoms with Gasteiger partial charge in [-0.2, -0.15) is 8.78 Å². The van der Waals surface area contributed by atoms with E-state index >= 15 is 0 Å². The normalized spacial score (nSPS) is 15.7. The monoisotopic (exact) mass is 633 g/mol. The lowest BCUT2D eigenvalue weighted by Crippen LogP contribution is -2.46. The van der Waals surface area contributed by atoms with Crippen molar-refractivity contribution in [1.29, 1.82) is 0 Å². The van der Waals surface area contributed by atoms with Crippen LogP contribution in [0.25, 0.3) is 16.7 Å². The van der Waals surface area contributed by atoms with E-state index in [9.17, 15) is 28.0 Å². The fourth-order valence-corrected chi connectivity index (χ4v) is 5.03. The minimum atomic E-state index is -3.54. The van der Waals surface area contributed by atoms with Gasteiger partial charge in [0.25, 0.3) is 17.7 Å². The van der Waals surface area contributed by atoms with Gasteiger partial charge in [0.2, 0.25) is 0 Å². The molecule has 0 spiro atoms. The lowest BCUT2D eigenvalue weighted by molar-refractivity contribution is -0.144. The van der Waals surface area contributed by atoms with Crippen molar-refractivity contribution in [1.82, 2.24) is 25.1 Å². The first-order valence-electron chi connectivity index (χ1n) is 14.6. The Kier molecular flexibility index (Phi) is 8.77. The molecule has 0 unspecified atom stereocenters. The molecule has 3 aromatic carbocycles. The van der Waals surface area contributed by atoms with E-state index in [4.69, 9.17) is 9.47 Å². The number of imide groups is 1. The molecular formula is C33H33F2N5O6. The Morgan fingerprint density at radius 2 is 1.78 bits per heavy atom. The average Bonchev–Trinajstić information content (AvgIpc) is 3.52. The molecule has 0 aliphatic carbocycles. The first kappa shape index (κ1) is 32.1. The van der Waals surface area contributed by atoms with Crippen LogP contribution in [0.4, 0.5) is 13.6 Å². The number of imidazole rings is 1. The van der Waals surface area contributed by atoms with E-state index in [1.807, 2.05) is 12.1 Å². The van der Waals surface area contributed by atoms with E-state index in [2.05, 4.69) is 15.6 Å². The molecule has 0 radical (unpaired) electrons. The highest BCUT2D eigenvalue weighted by Gasteiger charge is 2.46. The summed E-state index contributed by atoms with van der Waals surface area (Å²) in [5.74, 6) is -5.39. The number of halogens is 2. The summed E-state index contributed by atoms with van der Waals surface area (Å²) in [6, 6.07) is 20.2. The van der Waals surface area contributed by atoms with E-state index in [-0.39, 0.29) is 13.1 Å². The maximum atomic E-state index is 13.6. The van der Waals surface area contributed by atoms with Gasteiger partial charge in [-0.15, -0.1) is 0 Å². The number of carbonyl (C=O) groups is 4. The lowest BCUT2D eigenvalue weighted by Gasteiger charge is -2.27. The van der Waals surface area contributed by atoms with E-state index in [1.54, 1.807) is 78.5 Å². The molecule has 1 aliphatic rings. The molecule has 240 valence electrons. The van der Waals surface area contributed by atoms with Gasteiger partial charge in [-0.1, -0.05) is 36.4 Å². The van der Waals surface area contributed by atoms with Gasteiger partial charge < -0.3 is 20.1 Å². The minimum absolute atomic E-state index is 0.0234. The summed E-state index contributed by atoms with van der Waals surface area (Å²) >= 11 is 0. The van der Waals surface area contributed by atoms with Gasteiger partial charge in [-0.25, -0.2) is 14.7 Å². The molecule has 4 amide bonds. The van der Waals surface area contributed by atoms with Crippen LogP contribution in [-0.4, -0.2) is 68.9 Å². The predicted molar refractivity (Wildman–Crippen MR) is 164 cm³/mol. The number of ether oxygens (including phenoxy) is 2. The molecule has 1 aromatic heterocycles. The number of hydrogen-bond acceptors (Lipinski definition) is 7. The second kappa shape index (κ2) is 12.6. The Morgan fingerprint density at radius 1 is 1.04 bits per heavy atom. The Labute approximate surface area is 263 Å². The highest BCUT2D eigenvalue weighted by atomic mass is 19.3. The van der Waals surface area contributed by atoms with Crippen molar-refractivity contribution >= 4 is 34.8 Å². The van der Waals surface area contributed by atoms with Crippen LogP contribution in [0.1, 0.15) is 49.7 Å². The summed E-state index contributed by atoms with van der Waals surface area (Å²) in [6.45, 7) is 5.17. The number of aromatic nitrogens is 2. The van der Waals surface area contributed by atoms with Crippen molar-refractivity contribution in [3.05, 3.63) is 90.3 Å². The van der Waals surface area contributed by atoms with Crippen LogP contribution in [0.3, 0.4) is 0 Å². The van der Waals surface area contributed by atoms with Crippen LogP contribution < -0.4 is 15.4 Å². The van der Waals surface area contributed by atoms with E-state index in [0.717, 1.165) is 4.90 Å². The number of hydrogen-bond donors (Lipinski definition) is 2. The van der Waals surface area contributed by atoms with Crippen molar-refractivity contribution < 1.29 is 37.4 Å². The molecule has 46 heavy (non-hydrogen) atoms. The van der Waals surface area contributed by atoms with Crippen molar-refractivity contribution in [3.8, 4) is 11.4 Å². The van der Waals surface area contributed by atoms with Gasteiger partial charge in [0, 0.05) is 37.3 Å². The molecule has 5 rings (SSSR count). The van der Waals surface area contributed by atoms with Gasteiger partial charge in [0.1, 0.15) is 18.2 Å². The van der Waals surface area contributed by atoms with Crippen molar-refractivity contribution in [2.45, 2.75) is 51.4 Å². The Bertz CT molecular complexity index is 1790. The number of rotatable bonds is 11. The minimum Gasteiger partial charge on any atom is -0.484 e. The first-order valence-corrected chi connectivity index (χ1v) is 14.6. The molecule has 1 aliphatic heterocycles. The quantitative estimate of drug-likeness (QED) is 0.243. The van der Waals surface area contributed by atoms with Gasteiger partial charge in [-0.3, -0.25) is 19.0 Å². The summed E-state index contributed by atoms with van der Waals surface area (Å²) in [6.07, 6.45) is 0.0753. The molecule has 0 saturated carbocycles. The highest BCUT2D eigenvalue weighted by Crippen LogP contribution is 2.29. The molecule has 2 N–H and O–H groups in total. The molecule has 2 atom stereocenters. The summed E-state index contributed by atoms with van der Waals surface area (Å²) < 4.78 is 40.3. The molecule has 11 nitrogen and oxygen atoms in total. The van der Waals surface area contributed by atoms with Crippen LogP contribution in [-0.2, 0) is 14.3 Å². The summed E-state index contributed by atoms with van der Waals surface area (Å²) in [7, 11) is 0. The van der Waals surface area contributed by atoms with E-state index < -0.39 is 47.5 Å². The predicted octanol–water partition coefficient (Wildman–Crippen LogP) is 4.79. The zero-order valence-electron chi connectivity index (χ0n) is 25.6. The molecule has 1 fully saturated rings. The first-order chi connectivity index (χ1) is 21.7. The lowest BCUT2D eigenvalue weighted by atomic mass is 10.0. The zero-order chi connectivity index (χ0) is 33.2.